The lowest BCUT2D eigenvalue weighted by atomic mass is 9.81. The van der Waals surface area contributed by atoms with Gasteiger partial charge >= 0.3 is 0 Å². The molecule has 0 radical (unpaired) electrons. The van der Waals surface area contributed by atoms with Gasteiger partial charge in [0, 0.05) is 54.2 Å². The van der Waals surface area contributed by atoms with Crippen molar-refractivity contribution in [2.45, 2.75) is 36.8 Å². The minimum atomic E-state index is 0.460. The number of nitrogens with zero attached hydrogens (tertiary/aromatic N) is 2. The van der Waals surface area contributed by atoms with E-state index >= 15 is 0 Å². The van der Waals surface area contributed by atoms with Crippen LogP contribution in [0, 0.1) is 0 Å². The van der Waals surface area contributed by atoms with Gasteiger partial charge in [0.1, 0.15) is 0 Å². The van der Waals surface area contributed by atoms with Crippen LogP contribution < -0.4 is 0 Å². The summed E-state index contributed by atoms with van der Waals surface area (Å²) >= 11 is 4.33. The Kier molecular flexibility index (Phi) is 5.47. The number of piperidine rings is 1. The number of hydrogen-bond acceptors (Lipinski definition) is 4. The summed E-state index contributed by atoms with van der Waals surface area (Å²) in [5.41, 5.74) is 2.00. The minimum Gasteiger partial charge on any atom is -0.300 e. The highest BCUT2D eigenvalue weighted by atomic mass is 32.2. The molecule has 2 nitrogen and oxygen atoms in total. The van der Waals surface area contributed by atoms with E-state index in [-0.39, 0.29) is 0 Å². The summed E-state index contributed by atoms with van der Waals surface area (Å²) in [4.78, 5) is 5.50. The summed E-state index contributed by atoms with van der Waals surface area (Å²) < 4.78 is 0. The number of benzene rings is 1. The Bertz CT molecular complexity index is 520. The second-order valence-corrected chi connectivity index (χ2v) is 10.1. The molecule has 1 unspecified atom stereocenters. The summed E-state index contributed by atoms with van der Waals surface area (Å²) in [6.45, 7) is 3.84. The van der Waals surface area contributed by atoms with Crippen LogP contribution in [-0.2, 0) is 0 Å². The summed E-state index contributed by atoms with van der Waals surface area (Å²) in [5, 5.41) is 0. The summed E-state index contributed by atoms with van der Waals surface area (Å²) in [6.07, 6.45) is 4.08. The first-order chi connectivity index (χ1) is 11.8. The van der Waals surface area contributed by atoms with E-state index in [1.165, 1.54) is 61.9 Å². The zero-order valence-corrected chi connectivity index (χ0v) is 16.5. The molecular formula is C20H30N2S2. The molecular weight excluding hydrogens is 332 g/mol. The van der Waals surface area contributed by atoms with E-state index < -0.39 is 0 Å². The van der Waals surface area contributed by atoms with Gasteiger partial charge in [-0.15, -0.1) is 0 Å². The first kappa shape index (κ1) is 17.3. The fraction of sp³-hybridized carbons (Fsp3) is 0.700. The molecule has 132 valence electrons. The van der Waals surface area contributed by atoms with Crippen molar-refractivity contribution in [1.29, 1.82) is 0 Å². The third kappa shape index (κ3) is 3.53. The highest BCUT2D eigenvalue weighted by Crippen LogP contribution is 2.44. The lowest BCUT2D eigenvalue weighted by Gasteiger charge is -2.45. The van der Waals surface area contributed by atoms with Gasteiger partial charge in [0.25, 0.3) is 0 Å². The average molecular weight is 363 g/mol. The van der Waals surface area contributed by atoms with E-state index in [0.29, 0.717) is 5.54 Å². The third-order valence-electron chi connectivity index (χ3n) is 6.44. The quantitative estimate of drug-likeness (QED) is 0.789. The molecule has 0 saturated carbocycles. The number of thioether (sulfide) groups is 2. The van der Waals surface area contributed by atoms with Gasteiger partial charge in [0.2, 0.25) is 0 Å². The molecule has 24 heavy (non-hydrogen) atoms. The van der Waals surface area contributed by atoms with Crippen molar-refractivity contribution in [3.8, 4) is 0 Å². The second kappa shape index (κ2) is 7.61. The van der Waals surface area contributed by atoms with Gasteiger partial charge in [0.05, 0.1) is 0 Å². The van der Waals surface area contributed by atoms with Crippen molar-refractivity contribution in [1.82, 2.24) is 9.80 Å². The maximum atomic E-state index is 2.81. The van der Waals surface area contributed by atoms with Crippen LogP contribution in [0.1, 0.15) is 30.7 Å². The molecule has 0 aliphatic carbocycles. The Morgan fingerprint density at radius 3 is 2.33 bits per heavy atom. The molecule has 0 bridgehead atoms. The largest absolute Gasteiger partial charge is 0.300 e. The highest BCUT2D eigenvalue weighted by molar-refractivity contribution is 8.03. The van der Waals surface area contributed by atoms with Gasteiger partial charge in [-0.05, 0) is 37.8 Å². The van der Waals surface area contributed by atoms with Gasteiger partial charge in [-0.3, -0.25) is 9.80 Å². The first-order valence-corrected chi connectivity index (χ1v) is 11.7. The van der Waals surface area contributed by atoms with Crippen LogP contribution in [0.15, 0.2) is 30.3 Å². The van der Waals surface area contributed by atoms with Gasteiger partial charge in [-0.1, -0.05) is 30.3 Å². The van der Waals surface area contributed by atoms with E-state index in [2.05, 4.69) is 70.7 Å². The fourth-order valence-electron chi connectivity index (χ4n) is 4.86. The summed E-state index contributed by atoms with van der Waals surface area (Å²) in [6, 6.07) is 12.0. The molecule has 3 aliphatic heterocycles. The third-order valence-corrected chi connectivity index (χ3v) is 8.92. The molecule has 4 heteroatoms. The molecule has 3 saturated heterocycles. The summed E-state index contributed by atoms with van der Waals surface area (Å²) in [7, 11) is 2.37. The van der Waals surface area contributed by atoms with Gasteiger partial charge in [0.15, 0.2) is 0 Å². The normalized spacial score (nSPS) is 29.8. The molecule has 1 aromatic rings. The van der Waals surface area contributed by atoms with Crippen LogP contribution >= 0.6 is 23.5 Å². The fourth-order valence-corrected chi connectivity index (χ4v) is 7.49. The lowest BCUT2D eigenvalue weighted by molar-refractivity contribution is 0.0585. The van der Waals surface area contributed by atoms with Crippen LogP contribution in [0.25, 0.3) is 0 Å². The Labute approximate surface area is 155 Å². The van der Waals surface area contributed by atoms with Gasteiger partial charge in [-0.2, -0.15) is 23.5 Å². The number of hydrogen-bond donors (Lipinski definition) is 0. The van der Waals surface area contributed by atoms with Gasteiger partial charge in [-0.25, -0.2) is 0 Å². The van der Waals surface area contributed by atoms with Crippen molar-refractivity contribution >= 4 is 23.5 Å². The van der Waals surface area contributed by atoms with Crippen LogP contribution in [0.4, 0.5) is 0 Å². The molecule has 3 aliphatic rings. The minimum absolute atomic E-state index is 0.460. The van der Waals surface area contributed by atoms with Crippen LogP contribution in [0.3, 0.4) is 0 Å². The Morgan fingerprint density at radius 2 is 1.67 bits per heavy atom. The van der Waals surface area contributed by atoms with Gasteiger partial charge < -0.3 is 0 Å². The molecule has 1 aromatic carbocycles. The van der Waals surface area contributed by atoms with Crippen LogP contribution in [0.2, 0.25) is 0 Å². The predicted molar refractivity (Wildman–Crippen MR) is 108 cm³/mol. The number of likely N-dealkylation sites (N-methyl/N-ethyl adjacent to an activating group) is 1. The Morgan fingerprint density at radius 1 is 1.00 bits per heavy atom. The maximum absolute atomic E-state index is 2.81. The van der Waals surface area contributed by atoms with E-state index in [4.69, 9.17) is 0 Å². The highest BCUT2D eigenvalue weighted by Gasteiger charge is 2.46. The van der Waals surface area contributed by atoms with E-state index in [1.54, 1.807) is 5.56 Å². The van der Waals surface area contributed by atoms with E-state index in [0.717, 1.165) is 12.0 Å². The second-order valence-electron chi connectivity index (χ2n) is 7.76. The van der Waals surface area contributed by atoms with Crippen molar-refractivity contribution < 1.29 is 0 Å². The SMILES string of the molecule is CN1CC(c2ccccc2)CC12CCN(C1CSCCSC1)CC2. The predicted octanol–water partition coefficient (Wildman–Crippen LogP) is 3.79. The molecule has 0 N–H and O–H groups in total. The number of rotatable bonds is 2. The lowest BCUT2D eigenvalue weighted by Crippen LogP contribution is -2.53. The summed E-state index contributed by atoms with van der Waals surface area (Å²) in [5.74, 6) is 6.12. The topological polar surface area (TPSA) is 6.48 Å². The van der Waals surface area contributed by atoms with Crippen molar-refractivity contribution in [3.63, 3.8) is 0 Å². The molecule has 0 aromatic heterocycles. The monoisotopic (exact) mass is 362 g/mol. The molecule has 1 atom stereocenters. The van der Waals surface area contributed by atoms with Crippen molar-refractivity contribution in [2.75, 3.05) is 49.7 Å². The molecule has 4 rings (SSSR count). The Hall–Kier alpha value is -0.160. The van der Waals surface area contributed by atoms with Crippen molar-refractivity contribution in [2.24, 2.45) is 0 Å². The smallest absolute Gasteiger partial charge is 0.0277 e. The molecule has 0 amide bonds. The number of likely N-dealkylation sites (tertiary alicyclic amines) is 2. The van der Waals surface area contributed by atoms with Crippen LogP contribution in [0.5, 0.6) is 0 Å². The zero-order valence-electron chi connectivity index (χ0n) is 14.8. The molecule has 3 fully saturated rings. The van der Waals surface area contributed by atoms with E-state index in [1.807, 2.05) is 0 Å². The molecule has 1 spiro atoms. The van der Waals surface area contributed by atoms with Crippen molar-refractivity contribution in [3.05, 3.63) is 35.9 Å². The maximum Gasteiger partial charge on any atom is 0.0277 e. The Balaban J connectivity index is 1.39. The average Bonchev–Trinajstić information content (AvgIpc) is 2.81. The zero-order chi connectivity index (χ0) is 16.4. The van der Waals surface area contributed by atoms with Crippen LogP contribution in [-0.4, -0.2) is 71.1 Å². The standard InChI is InChI=1S/C20H30N2S2/c1-21-14-18(17-5-3-2-4-6-17)13-20(21)7-9-22(10-8-20)19-15-23-11-12-24-16-19/h2-6,18-19H,7-16H2,1H3. The molecule has 3 heterocycles. The first-order valence-electron chi connectivity index (χ1n) is 9.43. The van der Waals surface area contributed by atoms with E-state index in [9.17, 15) is 0 Å².